The van der Waals surface area contributed by atoms with E-state index in [9.17, 15) is 9.90 Å². The van der Waals surface area contributed by atoms with Crippen molar-refractivity contribution in [1.29, 1.82) is 0 Å². The van der Waals surface area contributed by atoms with Crippen molar-refractivity contribution < 1.29 is 29.6 Å². The van der Waals surface area contributed by atoms with E-state index >= 15 is 0 Å². The summed E-state index contributed by atoms with van der Waals surface area (Å²) in [5.41, 5.74) is 0. The molecule has 0 heterocycles. The molecule has 0 aliphatic carbocycles. The molecule has 100 valence electrons. The molecular weight excluding hydrogens is 228 g/mol. The van der Waals surface area contributed by atoms with Gasteiger partial charge in [-0.2, -0.15) is 0 Å². The molecule has 0 aromatic rings. The van der Waals surface area contributed by atoms with Gasteiger partial charge in [-0.1, -0.05) is 6.58 Å². The van der Waals surface area contributed by atoms with Crippen molar-refractivity contribution >= 4 is 5.97 Å². The average Bonchev–Trinajstić information content (AvgIpc) is 2.36. The fraction of sp³-hybridized carbons (Fsp3) is 0.727. The van der Waals surface area contributed by atoms with E-state index in [0.717, 1.165) is 6.08 Å². The van der Waals surface area contributed by atoms with Crippen LogP contribution in [-0.2, 0) is 14.3 Å². The highest BCUT2D eigenvalue weighted by Gasteiger charge is 2.09. The van der Waals surface area contributed by atoms with Crippen LogP contribution in [0.25, 0.3) is 0 Å². The number of rotatable bonds is 10. The van der Waals surface area contributed by atoms with Gasteiger partial charge in [0, 0.05) is 31.8 Å². The summed E-state index contributed by atoms with van der Waals surface area (Å²) < 4.78 is 9.71. The van der Waals surface area contributed by atoms with Gasteiger partial charge in [0.2, 0.25) is 0 Å². The van der Waals surface area contributed by atoms with Crippen LogP contribution in [-0.4, -0.2) is 60.4 Å². The summed E-state index contributed by atoms with van der Waals surface area (Å²) in [6, 6.07) is 0. The van der Waals surface area contributed by atoms with Crippen molar-refractivity contribution in [3.8, 4) is 0 Å². The van der Waals surface area contributed by atoms with E-state index in [2.05, 4.69) is 11.3 Å². The molecule has 0 amide bonds. The Morgan fingerprint density at radius 3 is 2.47 bits per heavy atom. The Morgan fingerprint density at radius 2 is 1.94 bits per heavy atom. The van der Waals surface area contributed by atoms with Crippen molar-refractivity contribution in [2.45, 2.75) is 12.5 Å². The Kier molecular flexibility index (Phi) is 9.65. The van der Waals surface area contributed by atoms with Crippen LogP contribution in [0.3, 0.4) is 0 Å². The Morgan fingerprint density at radius 1 is 1.29 bits per heavy atom. The van der Waals surface area contributed by atoms with Gasteiger partial charge in [-0.3, -0.25) is 0 Å². The summed E-state index contributed by atoms with van der Waals surface area (Å²) in [5, 5.41) is 26.9. The third-order valence-electron chi connectivity index (χ3n) is 2.08. The summed E-state index contributed by atoms with van der Waals surface area (Å²) in [7, 11) is 0. The van der Waals surface area contributed by atoms with Crippen LogP contribution < -0.4 is 0 Å². The van der Waals surface area contributed by atoms with Gasteiger partial charge in [0.1, 0.15) is 12.7 Å². The SMILES string of the molecule is C=CC(=O)OCC(O)COCCC(CO)CO. The molecule has 0 fully saturated rings. The molecule has 0 spiro atoms. The number of esters is 1. The molecule has 1 atom stereocenters. The third kappa shape index (κ3) is 8.82. The van der Waals surface area contributed by atoms with Crippen LogP contribution in [0.15, 0.2) is 12.7 Å². The average molecular weight is 248 g/mol. The smallest absolute Gasteiger partial charge is 0.330 e. The van der Waals surface area contributed by atoms with E-state index in [0.29, 0.717) is 13.0 Å². The molecular formula is C11H20O6. The number of aliphatic hydroxyl groups is 3. The molecule has 0 saturated carbocycles. The molecule has 0 saturated heterocycles. The summed E-state index contributed by atoms with van der Waals surface area (Å²) in [4.78, 5) is 10.7. The molecule has 0 rings (SSSR count). The fourth-order valence-corrected chi connectivity index (χ4v) is 0.995. The van der Waals surface area contributed by atoms with E-state index in [1.807, 2.05) is 0 Å². The predicted octanol–water partition coefficient (Wildman–Crippen LogP) is -0.916. The highest BCUT2D eigenvalue weighted by Crippen LogP contribution is 2.01. The minimum absolute atomic E-state index is 0.0357. The molecule has 1 unspecified atom stereocenters. The molecule has 0 aromatic heterocycles. The lowest BCUT2D eigenvalue weighted by Crippen LogP contribution is -2.24. The maximum absolute atomic E-state index is 10.7. The second kappa shape index (κ2) is 10.2. The molecule has 0 aliphatic heterocycles. The van der Waals surface area contributed by atoms with Crippen molar-refractivity contribution in [3.63, 3.8) is 0 Å². The summed E-state index contributed by atoms with van der Waals surface area (Å²) in [6.45, 7) is 3.23. The Labute approximate surface area is 100 Å². The molecule has 3 N–H and O–H groups in total. The van der Waals surface area contributed by atoms with Crippen LogP contribution in [0.4, 0.5) is 0 Å². The zero-order valence-corrected chi connectivity index (χ0v) is 9.75. The van der Waals surface area contributed by atoms with Crippen LogP contribution in [0.2, 0.25) is 0 Å². The lowest BCUT2D eigenvalue weighted by atomic mass is 10.1. The lowest BCUT2D eigenvalue weighted by molar-refractivity contribution is -0.141. The van der Waals surface area contributed by atoms with Gasteiger partial charge in [0.15, 0.2) is 0 Å². The quantitative estimate of drug-likeness (QED) is 0.263. The van der Waals surface area contributed by atoms with Gasteiger partial charge in [0.25, 0.3) is 0 Å². The Hall–Kier alpha value is -0.950. The van der Waals surface area contributed by atoms with Crippen molar-refractivity contribution in [3.05, 3.63) is 12.7 Å². The minimum atomic E-state index is -0.888. The number of aliphatic hydroxyl groups excluding tert-OH is 3. The standard InChI is InChI=1S/C11H20O6/c1-2-11(15)17-8-10(14)7-16-4-3-9(5-12)6-13/h2,9-10,12-14H,1,3-8H2. The predicted molar refractivity (Wildman–Crippen MR) is 60.3 cm³/mol. The van der Waals surface area contributed by atoms with E-state index in [-0.39, 0.29) is 32.3 Å². The number of carbonyl (C=O) groups is 1. The largest absolute Gasteiger partial charge is 0.460 e. The maximum Gasteiger partial charge on any atom is 0.330 e. The van der Waals surface area contributed by atoms with Gasteiger partial charge in [-0.05, 0) is 6.42 Å². The molecule has 17 heavy (non-hydrogen) atoms. The second-order valence-electron chi connectivity index (χ2n) is 3.58. The van der Waals surface area contributed by atoms with E-state index in [4.69, 9.17) is 14.9 Å². The molecule has 6 heteroatoms. The number of carbonyl (C=O) groups excluding carboxylic acids is 1. The van der Waals surface area contributed by atoms with Crippen LogP contribution >= 0.6 is 0 Å². The van der Waals surface area contributed by atoms with E-state index < -0.39 is 12.1 Å². The zero-order valence-electron chi connectivity index (χ0n) is 9.75. The molecule has 0 radical (unpaired) electrons. The van der Waals surface area contributed by atoms with E-state index in [1.165, 1.54) is 0 Å². The topological polar surface area (TPSA) is 96.2 Å². The van der Waals surface area contributed by atoms with Crippen LogP contribution in [0, 0.1) is 5.92 Å². The van der Waals surface area contributed by atoms with Gasteiger partial charge in [-0.15, -0.1) is 0 Å². The second-order valence-corrected chi connectivity index (χ2v) is 3.58. The lowest BCUT2D eigenvalue weighted by Gasteiger charge is -2.13. The Balaban J connectivity index is 3.47. The monoisotopic (exact) mass is 248 g/mol. The van der Waals surface area contributed by atoms with Gasteiger partial charge in [-0.25, -0.2) is 4.79 Å². The van der Waals surface area contributed by atoms with E-state index in [1.54, 1.807) is 0 Å². The summed E-state index contributed by atoms with van der Waals surface area (Å²) >= 11 is 0. The molecule has 0 bridgehead atoms. The van der Waals surface area contributed by atoms with Crippen molar-refractivity contribution in [1.82, 2.24) is 0 Å². The first-order valence-electron chi connectivity index (χ1n) is 5.40. The van der Waals surface area contributed by atoms with Crippen molar-refractivity contribution in [2.75, 3.05) is 33.0 Å². The van der Waals surface area contributed by atoms with Gasteiger partial charge >= 0.3 is 5.97 Å². The zero-order chi connectivity index (χ0) is 13.1. The first-order valence-corrected chi connectivity index (χ1v) is 5.40. The minimum Gasteiger partial charge on any atom is -0.460 e. The first-order chi connectivity index (χ1) is 8.13. The van der Waals surface area contributed by atoms with Crippen LogP contribution in [0.1, 0.15) is 6.42 Å². The normalized spacial score (nSPS) is 12.5. The molecule has 0 aromatic carbocycles. The summed E-state index contributed by atoms with van der Waals surface area (Å²) in [6.07, 6.45) is 0.632. The number of hydrogen-bond acceptors (Lipinski definition) is 6. The van der Waals surface area contributed by atoms with Gasteiger partial charge in [0.05, 0.1) is 6.61 Å². The maximum atomic E-state index is 10.7. The molecule has 0 aliphatic rings. The molecule has 6 nitrogen and oxygen atoms in total. The highest BCUT2D eigenvalue weighted by atomic mass is 16.5. The highest BCUT2D eigenvalue weighted by molar-refractivity contribution is 5.81. The third-order valence-corrected chi connectivity index (χ3v) is 2.08. The van der Waals surface area contributed by atoms with Gasteiger partial charge < -0.3 is 24.8 Å². The van der Waals surface area contributed by atoms with Crippen LogP contribution in [0.5, 0.6) is 0 Å². The fourth-order valence-electron chi connectivity index (χ4n) is 0.995. The number of hydrogen-bond donors (Lipinski definition) is 3. The van der Waals surface area contributed by atoms with Crippen molar-refractivity contribution in [2.24, 2.45) is 5.92 Å². The number of ether oxygens (including phenoxy) is 2. The summed E-state index contributed by atoms with van der Waals surface area (Å²) in [5.74, 6) is -0.796. The first kappa shape index (κ1) is 16.1. The Bertz CT molecular complexity index is 214.